The number of nitro benzene ring substituents is 1. The quantitative estimate of drug-likeness (QED) is 0.223. The molecule has 0 bridgehead atoms. The van der Waals surface area contributed by atoms with Gasteiger partial charge in [-0.1, -0.05) is 11.6 Å². The number of halogens is 1. The summed E-state index contributed by atoms with van der Waals surface area (Å²) in [5.74, 6) is -0.803. The van der Waals surface area contributed by atoms with Crippen molar-refractivity contribution in [3.63, 3.8) is 0 Å². The molecule has 1 amide bonds. The average Bonchev–Trinajstić information content (AvgIpc) is 2.77. The zero-order chi connectivity index (χ0) is 24.4. The van der Waals surface area contributed by atoms with Gasteiger partial charge in [-0.15, -0.1) is 10.2 Å². The lowest BCUT2D eigenvalue weighted by Gasteiger charge is -2.23. The minimum absolute atomic E-state index is 0.0612. The van der Waals surface area contributed by atoms with E-state index in [-0.39, 0.29) is 35.3 Å². The fourth-order valence-corrected chi connectivity index (χ4v) is 2.99. The minimum Gasteiger partial charge on any atom is -0.450 e. The van der Waals surface area contributed by atoms with Crippen molar-refractivity contribution >= 4 is 51.9 Å². The third kappa shape index (κ3) is 7.55. The summed E-state index contributed by atoms with van der Waals surface area (Å²) in [4.78, 5) is 35.6. The standard InChI is InChI=1S/C21H21ClN6O5/c1-3-27(10-8-21(30)33-11-9-23)15-4-7-19(20(13-15)24-14(2)29)26-25-18-6-5-16(28(31)32)12-17(18)22/h4-7,12-13H,3,8,10-11H2,1-2H3,(H,24,29)/b26-25+. The number of hydrogen-bond donors (Lipinski definition) is 1. The summed E-state index contributed by atoms with van der Waals surface area (Å²) in [7, 11) is 0. The van der Waals surface area contributed by atoms with Crippen LogP contribution in [0.5, 0.6) is 0 Å². The highest BCUT2D eigenvalue weighted by atomic mass is 35.5. The van der Waals surface area contributed by atoms with E-state index in [4.69, 9.17) is 21.6 Å². The van der Waals surface area contributed by atoms with Gasteiger partial charge in [-0.05, 0) is 31.2 Å². The number of carbonyl (C=O) groups is 2. The van der Waals surface area contributed by atoms with E-state index in [1.807, 2.05) is 11.8 Å². The number of ether oxygens (including phenoxy) is 1. The zero-order valence-electron chi connectivity index (χ0n) is 17.9. The molecule has 0 atom stereocenters. The molecule has 33 heavy (non-hydrogen) atoms. The molecule has 0 aliphatic heterocycles. The molecule has 11 nitrogen and oxygen atoms in total. The SMILES string of the molecule is CCN(CCC(=O)OCC#N)c1ccc(/N=N/c2ccc([N+](=O)[O-])cc2Cl)c(NC(C)=O)c1. The van der Waals surface area contributed by atoms with Gasteiger partial charge in [-0.2, -0.15) is 5.26 Å². The van der Waals surface area contributed by atoms with Crippen molar-refractivity contribution in [2.75, 3.05) is 29.9 Å². The first-order valence-electron chi connectivity index (χ1n) is 9.80. The van der Waals surface area contributed by atoms with Crippen LogP contribution < -0.4 is 10.2 Å². The summed E-state index contributed by atoms with van der Waals surface area (Å²) in [5.41, 5.74) is 1.51. The Labute approximate surface area is 194 Å². The van der Waals surface area contributed by atoms with Gasteiger partial charge in [0, 0.05) is 37.8 Å². The summed E-state index contributed by atoms with van der Waals surface area (Å²) < 4.78 is 4.76. The predicted molar refractivity (Wildman–Crippen MR) is 122 cm³/mol. The zero-order valence-corrected chi connectivity index (χ0v) is 18.7. The van der Waals surface area contributed by atoms with Gasteiger partial charge in [0.15, 0.2) is 6.61 Å². The molecule has 0 heterocycles. The second-order valence-electron chi connectivity index (χ2n) is 6.62. The number of non-ortho nitro benzene ring substituents is 1. The van der Waals surface area contributed by atoms with Crippen molar-refractivity contribution in [1.82, 2.24) is 0 Å². The monoisotopic (exact) mass is 472 g/mol. The van der Waals surface area contributed by atoms with E-state index in [1.54, 1.807) is 24.3 Å². The molecular formula is C21H21ClN6O5. The Balaban J connectivity index is 2.27. The van der Waals surface area contributed by atoms with E-state index in [2.05, 4.69) is 15.5 Å². The van der Waals surface area contributed by atoms with Crippen molar-refractivity contribution in [3.8, 4) is 6.07 Å². The minimum atomic E-state index is -0.566. The molecule has 1 N–H and O–H groups in total. The van der Waals surface area contributed by atoms with Crippen molar-refractivity contribution in [2.24, 2.45) is 10.2 Å². The van der Waals surface area contributed by atoms with Gasteiger partial charge in [0.25, 0.3) is 5.69 Å². The van der Waals surface area contributed by atoms with E-state index in [0.29, 0.717) is 24.5 Å². The first kappa shape index (κ1) is 25.2. The topological polar surface area (TPSA) is 150 Å². The number of nitro groups is 1. The Bertz CT molecular complexity index is 1110. The van der Waals surface area contributed by atoms with Gasteiger partial charge in [0.2, 0.25) is 5.91 Å². The fourth-order valence-electron chi connectivity index (χ4n) is 2.78. The van der Waals surface area contributed by atoms with Crippen LogP contribution in [0.25, 0.3) is 0 Å². The lowest BCUT2D eigenvalue weighted by molar-refractivity contribution is -0.384. The van der Waals surface area contributed by atoms with Gasteiger partial charge in [0.05, 0.1) is 22.1 Å². The number of rotatable bonds is 10. The molecule has 2 rings (SSSR count). The molecule has 0 aliphatic rings. The van der Waals surface area contributed by atoms with E-state index in [1.165, 1.54) is 25.1 Å². The molecule has 12 heteroatoms. The average molecular weight is 473 g/mol. The molecule has 172 valence electrons. The summed E-state index contributed by atoms with van der Waals surface area (Å²) in [5, 5.41) is 30.3. The van der Waals surface area contributed by atoms with Crippen LogP contribution in [0.4, 0.5) is 28.4 Å². The third-order valence-electron chi connectivity index (χ3n) is 4.33. The lowest BCUT2D eigenvalue weighted by Crippen LogP contribution is -2.26. The van der Waals surface area contributed by atoms with Gasteiger partial charge in [-0.3, -0.25) is 19.7 Å². The highest BCUT2D eigenvalue weighted by molar-refractivity contribution is 6.33. The van der Waals surface area contributed by atoms with Crippen LogP contribution in [0.3, 0.4) is 0 Å². The lowest BCUT2D eigenvalue weighted by atomic mass is 10.2. The van der Waals surface area contributed by atoms with Crippen molar-refractivity contribution in [1.29, 1.82) is 5.26 Å². The molecule has 2 aromatic carbocycles. The largest absolute Gasteiger partial charge is 0.450 e. The normalized spacial score (nSPS) is 10.5. The maximum atomic E-state index is 11.7. The number of benzene rings is 2. The van der Waals surface area contributed by atoms with Crippen LogP contribution in [0, 0.1) is 21.4 Å². The summed E-state index contributed by atoms with van der Waals surface area (Å²) >= 11 is 6.05. The second kappa shape index (κ2) is 12.1. The molecule has 0 unspecified atom stereocenters. The maximum absolute atomic E-state index is 11.7. The van der Waals surface area contributed by atoms with E-state index in [0.717, 1.165) is 5.69 Å². The van der Waals surface area contributed by atoms with E-state index >= 15 is 0 Å². The van der Waals surface area contributed by atoms with Gasteiger partial charge < -0.3 is 15.0 Å². The summed E-state index contributed by atoms with van der Waals surface area (Å²) in [6, 6.07) is 10.6. The molecule has 0 fully saturated rings. The first-order valence-corrected chi connectivity index (χ1v) is 10.2. The molecule has 0 aromatic heterocycles. The van der Waals surface area contributed by atoms with Gasteiger partial charge >= 0.3 is 5.97 Å². The molecule has 0 spiro atoms. The number of nitrogens with one attached hydrogen (secondary N) is 1. The van der Waals surface area contributed by atoms with Crippen LogP contribution in [0.15, 0.2) is 46.6 Å². The van der Waals surface area contributed by atoms with Crippen LogP contribution >= 0.6 is 11.6 Å². The number of carbonyl (C=O) groups excluding carboxylic acids is 2. The smallest absolute Gasteiger partial charge is 0.308 e. The summed E-state index contributed by atoms with van der Waals surface area (Å²) in [6.07, 6.45) is 0.0884. The molecule has 2 aromatic rings. The van der Waals surface area contributed by atoms with Crippen LogP contribution in [0.1, 0.15) is 20.3 Å². The predicted octanol–water partition coefficient (Wildman–Crippen LogP) is 4.91. The van der Waals surface area contributed by atoms with Crippen LogP contribution in [-0.4, -0.2) is 36.5 Å². The molecule has 0 radical (unpaired) electrons. The number of esters is 1. The number of nitrogens with zero attached hydrogens (tertiary/aromatic N) is 5. The number of hydrogen-bond acceptors (Lipinski definition) is 9. The van der Waals surface area contributed by atoms with Crippen molar-refractivity contribution in [3.05, 3.63) is 51.5 Å². The number of nitriles is 1. The van der Waals surface area contributed by atoms with Crippen molar-refractivity contribution in [2.45, 2.75) is 20.3 Å². The van der Waals surface area contributed by atoms with Crippen LogP contribution in [0.2, 0.25) is 5.02 Å². The van der Waals surface area contributed by atoms with Crippen LogP contribution in [-0.2, 0) is 14.3 Å². The summed E-state index contributed by atoms with van der Waals surface area (Å²) in [6.45, 7) is 3.88. The third-order valence-corrected chi connectivity index (χ3v) is 4.63. The Morgan fingerprint density at radius 1 is 1.24 bits per heavy atom. The Morgan fingerprint density at radius 2 is 1.94 bits per heavy atom. The van der Waals surface area contributed by atoms with Gasteiger partial charge in [-0.25, -0.2) is 0 Å². The second-order valence-corrected chi connectivity index (χ2v) is 7.03. The molecule has 0 saturated carbocycles. The number of azo groups is 1. The number of anilines is 2. The Kier molecular flexibility index (Phi) is 9.26. The molecule has 0 saturated heterocycles. The highest BCUT2D eigenvalue weighted by Crippen LogP contribution is 2.34. The molecular weight excluding hydrogens is 452 g/mol. The highest BCUT2D eigenvalue weighted by Gasteiger charge is 2.13. The first-order chi connectivity index (χ1) is 15.7. The Hall–Kier alpha value is -4.04. The maximum Gasteiger partial charge on any atom is 0.308 e. The van der Waals surface area contributed by atoms with E-state index in [9.17, 15) is 19.7 Å². The molecule has 0 aliphatic carbocycles. The van der Waals surface area contributed by atoms with E-state index < -0.39 is 10.9 Å². The fraction of sp³-hybridized carbons (Fsp3) is 0.286. The Morgan fingerprint density at radius 3 is 2.55 bits per heavy atom. The number of amides is 1. The van der Waals surface area contributed by atoms with Crippen molar-refractivity contribution < 1.29 is 19.2 Å². The van der Waals surface area contributed by atoms with Gasteiger partial charge in [0.1, 0.15) is 17.4 Å².